The van der Waals surface area contributed by atoms with E-state index in [9.17, 15) is 0 Å². The van der Waals surface area contributed by atoms with E-state index in [4.69, 9.17) is 10.5 Å². The number of halogens is 1. The summed E-state index contributed by atoms with van der Waals surface area (Å²) in [4.78, 5) is 8.44. The molecular weight excluding hydrogens is 381 g/mol. The number of guanidine groups is 1. The number of nitrogens with one attached hydrogen (secondary N) is 1. The summed E-state index contributed by atoms with van der Waals surface area (Å²) in [6.45, 7) is 3.33. The maximum atomic E-state index is 5.84. The third-order valence-corrected chi connectivity index (χ3v) is 2.91. The van der Waals surface area contributed by atoms with Crippen molar-refractivity contribution in [2.45, 2.75) is 13.5 Å². The monoisotopic (exact) mass is 401 g/mol. The Morgan fingerprint density at radius 1 is 1.38 bits per heavy atom. The number of hydrogen-bond acceptors (Lipinski definition) is 3. The summed E-state index contributed by atoms with van der Waals surface area (Å²) >= 11 is 0. The number of nitrogens with zero attached hydrogens (tertiary/aromatic N) is 3. The predicted molar refractivity (Wildman–Crippen MR) is 95.5 cm³/mol. The minimum Gasteiger partial charge on any atom is -0.497 e. The van der Waals surface area contributed by atoms with Crippen molar-refractivity contribution in [3.63, 3.8) is 0 Å². The van der Waals surface area contributed by atoms with E-state index >= 15 is 0 Å². The van der Waals surface area contributed by atoms with Gasteiger partial charge in [-0.05, 0) is 31.2 Å². The molecule has 0 atom stereocenters. The van der Waals surface area contributed by atoms with E-state index in [0.717, 1.165) is 23.8 Å². The molecular formula is C14H20IN5O. The molecule has 0 bridgehead atoms. The molecule has 21 heavy (non-hydrogen) atoms. The third-order valence-electron chi connectivity index (χ3n) is 2.91. The van der Waals surface area contributed by atoms with Crippen LogP contribution in [0.2, 0.25) is 0 Å². The number of aliphatic imine (C=N–C) groups is 1. The normalized spacial score (nSPS) is 10.9. The van der Waals surface area contributed by atoms with Gasteiger partial charge in [0.05, 0.1) is 13.7 Å². The Kier molecular flexibility index (Phi) is 7.00. The third kappa shape index (κ3) is 5.25. The number of rotatable bonds is 5. The average Bonchev–Trinajstić information content (AvgIpc) is 2.85. The van der Waals surface area contributed by atoms with Gasteiger partial charge in [0.25, 0.3) is 0 Å². The molecule has 2 rings (SSSR count). The van der Waals surface area contributed by atoms with Crippen molar-refractivity contribution in [1.82, 2.24) is 9.55 Å². The number of aryl methyl sites for hydroxylation is 1. The molecule has 7 heteroatoms. The second-order valence-electron chi connectivity index (χ2n) is 4.29. The summed E-state index contributed by atoms with van der Waals surface area (Å²) in [7, 11) is 1.64. The van der Waals surface area contributed by atoms with Crippen molar-refractivity contribution in [2.75, 3.05) is 19.0 Å². The van der Waals surface area contributed by atoms with Crippen LogP contribution in [0.1, 0.15) is 5.82 Å². The summed E-state index contributed by atoms with van der Waals surface area (Å²) in [5.74, 6) is 2.18. The highest BCUT2D eigenvalue weighted by Crippen LogP contribution is 2.14. The fourth-order valence-corrected chi connectivity index (χ4v) is 1.78. The average molecular weight is 401 g/mol. The molecule has 1 aromatic heterocycles. The highest BCUT2D eigenvalue weighted by molar-refractivity contribution is 14.0. The summed E-state index contributed by atoms with van der Waals surface area (Å²) < 4.78 is 7.13. The Labute approximate surface area is 141 Å². The maximum Gasteiger partial charge on any atom is 0.193 e. The van der Waals surface area contributed by atoms with Gasteiger partial charge in [-0.25, -0.2) is 4.98 Å². The molecule has 0 unspecified atom stereocenters. The number of anilines is 1. The molecule has 0 saturated heterocycles. The molecule has 1 heterocycles. The molecule has 0 aliphatic carbocycles. The number of benzene rings is 1. The number of nitrogens with two attached hydrogens (primary N) is 1. The van der Waals surface area contributed by atoms with Crippen molar-refractivity contribution in [2.24, 2.45) is 10.7 Å². The number of methoxy groups -OCH3 is 1. The molecule has 0 aliphatic heterocycles. The Bertz CT molecular complexity index is 579. The predicted octanol–water partition coefficient (Wildman–Crippen LogP) is 2.24. The van der Waals surface area contributed by atoms with E-state index in [1.807, 2.05) is 42.0 Å². The summed E-state index contributed by atoms with van der Waals surface area (Å²) in [6, 6.07) is 7.51. The van der Waals surface area contributed by atoms with Gasteiger partial charge in [0.1, 0.15) is 11.6 Å². The number of aromatic nitrogens is 2. The molecule has 0 saturated carbocycles. The van der Waals surface area contributed by atoms with Gasteiger partial charge in [-0.15, -0.1) is 24.0 Å². The SMILES string of the molecule is COc1ccc(NC(N)=NCCn2ccnc2C)cc1.I. The minimum atomic E-state index is 0. The minimum absolute atomic E-state index is 0. The van der Waals surface area contributed by atoms with Gasteiger partial charge < -0.3 is 20.4 Å². The van der Waals surface area contributed by atoms with Crippen molar-refractivity contribution in [3.8, 4) is 5.75 Å². The van der Waals surface area contributed by atoms with E-state index < -0.39 is 0 Å². The lowest BCUT2D eigenvalue weighted by molar-refractivity contribution is 0.415. The largest absolute Gasteiger partial charge is 0.497 e. The van der Waals surface area contributed by atoms with Crippen LogP contribution in [0.4, 0.5) is 5.69 Å². The molecule has 2 aromatic rings. The van der Waals surface area contributed by atoms with Crippen molar-refractivity contribution < 1.29 is 4.74 Å². The van der Waals surface area contributed by atoms with Crippen LogP contribution in [-0.2, 0) is 6.54 Å². The lowest BCUT2D eigenvalue weighted by atomic mass is 10.3. The van der Waals surface area contributed by atoms with Gasteiger partial charge in [0, 0.05) is 24.6 Å². The first-order valence-electron chi connectivity index (χ1n) is 6.38. The highest BCUT2D eigenvalue weighted by Gasteiger charge is 1.98. The van der Waals surface area contributed by atoms with Gasteiger partial charge in [0.15, 0.2) is 5.96 Å². The summed E-state index contributed by atoms with van der Waals surface area (Å²) in [5, 5.41) is 3.04. The Morgan fingerprint density at radius 3 is 2.67 bits per heavy atom. The van der Waals surface area contributed by atoms with Crippen LogP contribution in [0.25, 0.3) is 0 Å². The van der Waals surface area contributed by atoms with Gasteiger partial charge in [0.2, 0.25) is 0 Å². The van der Waals surface area contributed by atoms with Crippen LogP contribution in [0.3, 0.4) is 0 Å². The fraction of sp³-hybridized carbons (Fsp3) is 0.286. The lowest BCUT2D eigenvalue weighted by Gasteiger charge is -2.07. The molecule has 114 valence electrons. The molecule has 6 nitrogen and oxygen atoms in total. The molecule has 0 fully saturated rings. The van der Waals surface area contributed by atoms with Gasteiger partial charge in [-0.2, -0.15) is 0 Å². The first-order valence-corrected chi connectivity index (χ1v) is 6.38. The van der Waals surface area contributed by atoms with Gasteiger partial charge >= 0.3 is 0 Å². The van der Waals surface area contributed by atoms with Crippen molar-refractivity contribution in [1.29, 1.82) is 0 Å². The zero-order chi connectivity index (χ0) is 14.4. The van der Waals surface area contributed by atoms with Crippen LogP contribution in [-0.4, -0.2) is 29.2 Å². The topological polar surface area (TPSA) is 77.5 Å². The zero-order valence-electron chi connectivity index (χ0n) is 12.1. The number of imidazole rings is 1. The van der Waals surface area contributed by atoms with Crippen LogP contribution in [0.5, 0.6) is 5.75 Å². The van der Waals surface area contributed by atoms with E-state index in [1.54, 1.807) is 13.3 Å². The fourth-order valence-electron chi connectivity index (χ4n) is 1.78. The molecule has 1 aromatic carbocycles. The zero-order valence-corrected chi connectivity index (χ0v) is 14.4. The Hall–Kier alpha value is -1.77. The molecule has 0 amide bonds. The summed E-state index contributed by atoms with van der Waals surface area (Å²) in [6.07, 6.45) is 3.70. The number of ether oxygens (including phenoxy) is 1. The van der Waals surface area contributed by atoms with E-state index in [1.165, 1.54) is 0 Å². The quantitative estimate of drug-likeness (QED) is 0.458. The van der Waals surface area contributed by atoms with Crippen molar-refractivity contribution >= 4 is 35.6 Å². The van der Waals surface area contributed by atoms with Crippen molar-refractivity contribution in [3.05, 3.63) is 42.5 Å². The first kappa shape index (κ1) is 17.3. The molecule has 0 aliphatic rings. The Balaban J connectivity index is 0.00000220. The number of hydrogen-bond donors (Lipinski definition) is 2. The Morgan fingerprint density at radius 2 is 2.10 bits per heavy atom. The smallest absolute Gasteiger partial charge is 0.193 e. The van der Waals surface area contributed by atoms with Gasteiger partial charge in [-0.1, -0.05) is 0 Å². The van der Waals surface area contributed by atoms with Gasteiger partial charge in [-0.3, -0.25) is 4.99 Å². The van der Waals surface area contributed by atoms with E-state index in [0.29, 0.717) is 12.5 Å². The molecule has 3 N–H and O–H groups in total. The second-order valence-corrected chi connectivity index (χ2v) is 4.29. The standard InChI is InChI=1S/C14H19N5O.HI/c1-11-16-7-9-19(11)10-8-17-14(15)18-12-3-5-13(20-2)6-4-12;/h3-7,9H,8,10H2,1-2H3,(H3,15,17,18);1H. The van der Waals surface area contributed by atoms with Crippen LogP contribution in [0, 0.1) is 6.92 Å². The first-order chi connectivity index (χ1) is 9.69. The lowest BCUT2D eigenvalue weighted by Crippen LogP contribution is -2.23. The van der Waals surface area contributed by atoms with E-state index in [2.05, 4.69) is 15.3 Å². The maximum absolute atomic E-state index is 5.84. The van der Waals surface area contributed by atoms with E-state index in [-0.39, 0.29) is 24.0 Å². The summed E-state index contributed by atoms with van der Waals surface area (Å²) in [5.41, 5.74) is 6.72. The van der Waals surface area contributed by atoms with Crippen LogP contribution < -0.4 is 15.8 Å². The van der Waals surface area contributed by atoms with Crippen LogP contribution in [0.15, 0.2) is 41.7 Å². The molecule has 0 radical (unpaired) electrons. The van der Waals surface area contributed by atoms with Crippen LogP contribution >= 0.6 is 24.0 Å². The highest BCUT2D eigenvalue weighted by atomic mass is 127. The second kappa shape index (κ2) is 8.50. The molecule has 0 spiro atoms.